The molecule has 4 heteroatoms. The number of nitrogens with one attached hydrogen (secondary N) is 2. The van der Waals surface area contributed by atoms with Crippen molar-refractivity contribution in [1.29, 1.82) is 0 Å². The maximum absolute atomic E-state index is 11.8. The molecule has 0 aromatic heterocycles. The largest absolute Gasteiger partial charge is 0.395 e. The molecule has 1 amide bonds. The highest BCUT2D eigenvalue weighted by molar-refractivity contribution is 5.95. The third-order valence-electron chi connectivity index (χ3n) is 2.61. The van der Waals surface area contributed by atoms with Gasteiger partial charge in [0.15, 0.2) is 0 Å². The zero-order valence-corrected chi connectivity index (χ0v) is 10.6. The van der Waals surface area contributed by atoms with Crippen LogP contribution in [0, 0.1) is 13.8 Å². The fourth-order valence-electron chi connectivity index (χ4n) is 1.49. The second-order valence-corrected chi connectivity index (χ2v) is 4.21. The molecule has 0 heterocycles. The normalized spacial score (nSPS) is 12.2. The average molecular weight is 236 g/mol. The van der Waals surface area contributed by atoms with Crippen molar-refractivity contribution in [3.8, 4) is 0 Å². The molecule has 0 saturated heterocycles. The van der Waals surface area contributed by atoms with Crippen LogP contribution in [0.15, 0.2) is 18.2 Å². The first-order chi connectivity index (χ1) is 8.04. The van der Waals surface area contributed by atoms with Crippen LogP contribution in [-0.4, -0.2) is 30.2 Å². The number of hydrogen-bond donors (Lipinski definition) is 3. The van der Waals surface area contributed by atoms with Crippen LogP contribution in [0.4, 0.5) is 5.69 Å². The van der Waals surface area contributed by atoms with Crippen molar-refractivity contribution in [3.05, 3.63) is 29.3 Å². The lowest BCUT2D eigenvalue weighted by Crippen LogP contribution is -2.39. The summed E-state index contributed by atoms with van der Waals surface area (Å²) in [6.07, 6.45) is 0. The van der Waals surface area contributed by atoms with Crippen LogP contribution >= 0.6 is 0 Å². The summed E-state index contributed by atoms with van der Waals surface area (Å²) in [5, 5.41) is 14.5. The molecule has 0 aliphatic carbocycles. The molecular formula is C13H20N2O2. The van der Waals surface area contributed by atoms with Gasteiger partial charge in [0.05, 0.1) is 12.6 Å². The topological polar surface area (TPSA) is 61.4 Å². The first-order valence-electron chi connectivity index (χ1n) is 5.77. The fourth-order valence-corrected chi connectivity index (χ4v) is 1.49. The number of anilines is 1. The Morgan fingerprint density at radius 2 is 2.12 bits per heavy atom. The average Bonchev–Trinajstić information content (AvgIpc) is 2.30. The van der Waals surface area contributed by atoms with E-state index in [0.717, 1.165) is 16.8 Å². The first kappa shape index (κ1) is 13.7. The summed E-state index contributed by atoms with van der Waals surface area (Å²) in [6, 6.07) is 5.63. The molecule has 17 heavy (non-hydrogen) atoms. The van der Waals surface area contributed by atoms with E-state index >= 15 is 0 Å². The van der Waals surface area contributed by atoms with Crippen molar-refractivity contribution in [3.63, 3.8) is 0 Å². The molecule has 1 rings (SSSR count). The van der Waals surface area contributed by atoms with Crippen molar-refractivity contribution in [1.82, 2.24) is 5.32 Å². The quantitative estimate of drug-likeness (QED) is 0.720. The van der Waals surface area contributed by atoms with Crippen molar-refractivity contribution >= 4 is 11.6 Å². The molecule has 0 aliphatic heterocycles. The molecule has 4 nitrogen and oxygen atoms in total. The Bertz CT molecular complexity index is 391. The van der Waals surface area contributed by atoms with Crippen molar-refractivity contribution in [2.24, 2.45) is 0 Å². The molecule has 0 aliphatic rings. The molecule has 1 atom stereocenters. The molecule has 1 aromatic carbocycles. The van der Waals surface area contributed by atoms with Gasteiger partial charge in [0.2, 0.25) is 5.91 Å². The van der Waals surface area contributed by atoms with E-state index in [2.05, 4.69) is 10.6 Å². The molecule has 0 saturated carbocycles. The summed E-state index contributed by atoms with van der Waals surface area (Å²) in [7, 11) is 0. The van der Waals surface area contributed by atoms with Crippen LogP contribution in [0.2, 0.25) is 0 Å². The highest BCUT2D eigenvalue weighted by Gasteiger charge is 2.12. The predicted molar refractivity (Wildman–Crippen MR) is 69.1 cm³/mol. The number of aliphatic hydroxyl groups is 1. The van der Waals surface area contributed by atoms with Gasteiger partial charge in [-0.05, 0) is 38.0 Å². The Balaban J connectivity index is 2.64. The molecule has 94 valence electrons. The van der Waals surface area contributed by atoms with Gasteiger partial charge in [0.1, 0.15) is 0 Å². The predicted octanol–water partition coefficient (Wildman–Crippen LogP) is 1.21. The van der Waals surface area contributed by atoms with Gasteiger partial charge in [-0.2, -0.15) is 0 Å². The van der Waals surface area contributed by atoms with Crippen LogP contribution in [-0.2, 0) is 4.79 Å². The summed E-state index contributed by atoms with van der Waals surface area (Å²) in [6.45, 7) is 6.17. The lowest BCUT2D eigenvalue weighted by Gasteiger charge is -2.15. The number of rotatable bonds is 5. The number of hydrogen-bond acceptors (Lipinski definition) is 3. The van der Waals surface area contributed by atoms with Gasteiger partial charge >= 0.3 is 0 Å². The Hall–Kier alpha value is -1.39. The fraction of sp³-hybridized carbons (Fsp3) is 0.462. The lowest BCUT2D eigenvalue weighted by atomic mass is 10.1. The SMILES string of the molecule is Cc1ccc(C)c(NC(=O)C(C)NCCO)c1. The second-order valence-electron chi connectivity index (χ2n) is 4.21. The Morgan fingerprint density at radius 1 is 1.41 bits per heavy atom. The van der Waals surface area contributed by atoms with Crippen LogP contribution in [0.3, 0.4) is 0 Å². The van der Waals surface area contributed by atoms with Crippen LogP contribution in [0.1, 0.15) is 18.1 Å². The molecular weight excluding hydrogens is 216 g/mol. The zero-order valence-electron chi connectivity index (χ0n) is 10.6. The van der Waals surface area contributed by atoms with Crippen molar-refractivity contribution in [2.45, 2.75) is 26.8 Å². The molecule has 1 unspecified atom stereocenters. The Labute approximate surface area is 102 Å². The minimum atomic E-state index is -0.318. The third kappa shape index (κ3) is 4.17. The van der Waals surface area contributed by atoms with Gasteiger partial charge < -0.3 is 15.7 Å². The van der Waals surface area contributed by atoms with Gasteiger partial charge in [0, 0.05) is 12.2 Å². The molecule has 0 spiro atoms. The van der Waals surface area contributed by atoms with Gasteiger partial charge in [0.25, 0.3) is 0 Å². The number of carbonyl (C=O) groups excluding carboxylic acids is 1. The van der Waals surface area contributed by atoms with Crippen LogP contribution in [0.25, 0.3) is 0 Å². The monoisotopic (exact) mass is 236 g/mol. The van der Waals surface area contributed by atoms with E-state index in [1.807, 2.05) is 32.0 Å². The smallest absolute Gasteiger partial charge is 0.241 e. The van der Waals surface area contributed by atoms with E-state index in [0.29, 0.717) is 6.54 Å². The van der Waals surface area contributed by atoms with E-state index in [-0.39, 0.29) is 18.6 Å². The van der Waals surface area contributed by atoms with E-state index in [1.165, 1.54) is 0 Å². The third-order valence-corrected chi connectivity index (χ3v) is 2.61. The zero-order chi connectivity index (χ0) is 12.8. The minimum absolute atomic E-state index is 0.0289. The van der Waals surface area contributed by atoms with Gasteiger partial charge in [-0.15, -0.1) is 0 Å². The minimum Gasteiger partial charge on any atom is -0.395 e. The molecule has 0 fully saturated rings. The summed E-state index contributed by atoms with van der Waals surface area (Å²) < 4.78 is 0. The summed E-state index contributed by atoms with van der Waals surface area (Å²) in [4.78, 5) is 11.8. The summed E-state index contributed by atoms with van der Waals surface area (Å²) in [5.74, 6) is -0.0906. The van der Waals surface area contributed by atoms with E-state index in [4.69, 9.17) is 5.11 Å². The van der Waals surface area contributed by atoms with E-state index < -0.39 is 0 Å². The van der Waals surface area contributed by atoms with Crippen molar-refractivity contribution in [2.75, 3.05) is 18.5 Å². The van der Waals surface area contributed by atoms with Crippen molar-refractivity contribution < 1.29 is 9.90 Å². The number of aryl methyl sites for hydroxylation is 2. The van der Waals surface area contributed by atoms with Crippen LogP contribution < -0.4 is 10.6 Å². The molecule has 0 bridgehead atoms. The molecule has 0 radical (unpaired) electrons. The second kappa shape index (κ2) is 6.37. The van der Waals surface area contributed by atoms with E-state index in [1.54, 1.807) is 6.92 Å². The Kier molecular flexibility index (Phi) is 5.12. The first-order valence-corrected chi connectivity index (χ1v) is 5.77. The van der Waals surface area contributed by atoms with Gasteiger partial charge in [-0.3, -0.25) is 4.79 Å². The molecule has 3 N–H and O–H groups in total. The molecule has 1 aromatic rings. The summed E-state index contributed by atoms with van der Waals surface area (Å²) in [5.41, 5.74) is 2.99. The van der Waals surface area contributed by atoms with Crippen LogP contribution in [0.5, 0.6) is 0 Å². The van der Waals surface area contributed by atoms with Gasteiger partial charge in [-0.25, -0.2) is 0 Å². The number of amides is 1. The highest BCUT2D eigenvalue weighted by Crippen LogP contribution is 2.16. The van der Waals surface area contributed by atoms with E-state index in [9.17, 15) is 4.79 Å². The lowest BCUT2D eigenvalue weighted by molar-refractivity contribution is -0.117. The Morgan fingerprint density at radius 3 is 2.76 bits per heavy atom. The summed E-state index contributed by atoms with van der Waals surface area (Å²) >= 11 is 0. The number of benzene rings is 1. The number of aliphatic hydroxyl groups excluding tert-OH is 1. The maximum Gasteiger partial charge on any atom is 0.241 e. The standard InChI is InChI=1S/C13H20N2O2/c1-9-4-5-10(2)12(8-9)15-13(17)11(3)14-6-7-16/h4-5,8,11,14,16H,6-7H2,1-3H3,(H,15,17). The highest BCUT2D eigenvalue weighted by atomic mass is 16.3. The van der Waals surface area contributed by atoms with Gasteiger partial charge in [-0.1, -0.05) is 12.1 Å². The maximum atomic E-state index is 11.8. The number of carbonyl (C=O) groups is 1.